The van der Waals surface area contributed by atoms with Crippen molar-refractivity contribution in [2.75, 3.05) is 7.05 Å². The van der Waals surface area contributed by atoms with Gasteiger partial charge in [0.1, 0.15) is 0 Å². The van der Waals surface area contributed by atoms with E-state index in [1.54, 1.807) is 4.88 Å². The highest BCUT2D eigenvalue weighted by molar-refractivity contribution is 7.09. The normalized spacial score (nSPS) is 27.8. The highest BCUT2D eigenvalue weighted by Crippen LogP contribution is 2.28. The maximum atomic E-state index is 3.39. The van der Waals surface area contributed by atoms with E-state index >= 15 is 0 Å². The maximum absolute atomic E-state index is 3.39. The van der Waals surface area contributed by atoms with E-state index in [1.165, 1.54) is 32.1 Å². The fourth-order valence-electron chi connectivity index (χ4n) is 2.37. The number of hydrogen-bond acceptors (Lipinski definition) is 2. The molecule has 1 aromatic heterocycles. The van der Waals surface area contributed by atoms with Crippen molar-refractivity contribution in [3.05, 3.63) is 22.4 Å². The Kier molecular flexibility index (Phi) is 3.60. The zero-order chi connectivity index (χ0) is 9.80. The largest absolute Gasteiger partial charge is 0.317 e. The minimum atomic E-state index is 0.787. The molecule has 1 fully saturated rings. The van der Waals surface area contributed by atoms with Crippen molar-refractivity contribution in [1.29, 1.82) is 0 Å². The van der Waals surface area contributed by atoms with Crippen molar-refractivity contribution in [3.8, 4) is 0 Å². The number of rotatable bonds is 3. The fraction of sp³-hybridized carbons (Fsp3) is 0.667. The van der Waals surface area contributed by atoms with Crippen LogP contribution < -0.4 is 5.32 Å². The van der Waals surface area contributed by atoms with Crippen LogP contribution in [0.25, 0.3) is 0 Å². The van der Waals surface area contributed by atoms with Crippen LogP contribution >= 0.6 is 11.3 Å². The Hall–Kier alpha value is -0.340. The molecule has 1 aromatic rings. The van der Waals surface area contributed by atoms with Gasteiger partial charge in [0, 0.05) is 10.9 Å². The molecular weight excluding hydrogens is 190 g/mol. The maximum Gasteiger partial charge on any atom is 0.00642 e. The smallest absolute Gasteiger partial charge is 0.00642 e. The first-order valence-electron chi connectivity index (χ1n) is 5.58. The van der Waals surface area contributed by atoms with Gasteiger partial charge >= 0.3 is 0 Å². The van der Waals surface area contributed by atoms with Gasteiger partial charge in [0.15, 0.2) is 0 Å². The van der Waals surface area contributed by atoms with Crippen LogP contribution in [0.1, 0.15) is 30.6 Å². The summed E-state index contributed by atoms with van der Waals surface area (Å²) in [5, 5.41) is 5.57. The average molecular weight is 209 g/mol. The molecule has 0 aromatic carbocycles. The van der Waals surface area contributed by atoms with Crippen LogP contribution in [-0.4, -0.2) is 13.1 Å². The van der Waals surface area contributed by atoms with Crippen LogP contribution in [0.15, 0.2) is 17.5 Å². The second kappa shape index (κ2) is 4.94. The Balaban J connectivity index is 1.79. The van der Waals surface area contributed by atoms with E-state index in [9.17, 15) is 0 Å². The van der Waals surface area contributed by atoms with E-state index in [0.717, 1.165) is 12.0 Å². The van der Waals surface area contributed by atoms with Crippen molar-refractivity contribution in [3.63, 3.8) is 0 Å². The van der Waals surface area contributed by atoms with Gasteiger partial charge in [0.2, 0.25) is 0 Å². The zero-order valence-electron chi connectivity index (χ0n) is 8.83. The second-order valence-corrected chi connectivity index (χ2v) is 5.32. The van der Waals surface area contributed by atoms with Gasteiger partial charge in [0.05, 0.1) is 0 Å². The molecule has 2 heteroatoms. The van der Waals surface area contributed by atoms with Crippen molar-refractivity contribution in [2.45, 2.75) is 38.1 Å². The van der Waals surface area contributed by atoms with Crippen molar-refractivity contribution in [2.24, 2.45) is 5.92 Å². The molecule has 1 N–H and O–H groups in total. The van der Waals surface area contributed by atoms with Gasteiger partial charge in [-0.05, 0) is 56.5 Å². The summed E-state index contributed by atoms with van der Waals surface area (Å²) in [4.78, 5) is 1.57. The summed E-state index contributed by atoms with van der Waals surface area (Å²) < 4.78 is 0. The van der Waals surface area contributed by atoms with Gasteiger partial charge in [-0.2, -0.15) is 0 Å². The van der Waals surface area contributed by atoms with E-state index in [0.29, 0.717) is 0 Å². The van der Waals surface area contributed by atoms with Crippen LogP contribution in [0.4, 0.5) is 0 Å². The topological polar surface area (TPSA) is 12.0 Å². The molecule has 0 bridgehead atoms. The first-order valence-corrected chi connectivity index (χ1v) is 6.46. The summed E-state index contributed by atoms with van der Waals surface area (Å²) in [7, 11) is 2.09. The third kappa shape index (κ3) is 2.58. The Labute approximate surface area is 90.5 Å². The van der Waals surface area contributed by atoms with Crippen molar-refractivity contribution >= 4 is 11.3 Å². The summed E-state index contributed by atoms with van der Waals surface area (Å²) in [5.41, 5.74) is 0. The molecular formula is C12H19NS. The molecule has 1 nitrogen and oxygen atoms in total. The summed E-state index contributed by atoms with van der Waals surface area (Å²) in [6, 6.07) is 5.23. The number of thiophene rings is 1. The van der Waals surface area contributed by atoms with Crippen LogP contribution in [-0.2, 0) is 6.42 Å². The predicted octanol–water partition coefficient (Wildman–Crippen LogP) is 3.07. The number of hydrogen-bond donors (Lipinski definition) is 1. The van der Waals surface area contributed by atoms with Crippen LogP contribution in [0.3, 0.4) is 0 Å². The summed E-state index contributed by atoms with van der Waals surface area (Å²) in [6.45, 7) is 0. The highest BCUT2D eigenvalue weighted by atomic mass is 32.1. The minimum Gasteiger partial charge on any atom is -0.317 e. The van der Waals surface area contributed by atoms with Crippen LogP contribution in [0.5, 0.6) is 0 Å². The third-order valence-electron chi connectivity index (χ3n) is 3.32. The lowest BCUT2D eigenvalue weighted by molar-refractivity contribution is 0.301. The highest BCUT2D eigenvalue weighted by Gasteiger charge is 2.20. The lowest BCUT2D eigenvalue weighted by Gasteiger charge is -2.27. The van der Waals surface area contributed by atoms with E-state index < -0.39 is 0 Å². The van der Waals surface area contributed by atoms with Gasteiger partial charge in [-0.1, -0.05) is 6.07 Å². The first-order chi connectivity index (χ1) is 6.88. The molecule has 0 spiro atoms. The molecule has 0 aliphatic heterocycles. The van der Waals surface area contributed by atoms with Gasteiger partial charge in [-0.25, -0.2) is 0 Å². The van der Waals surface area contributed by atoms with E-state index in [1.807, 2.05) is 11.3 Å². The molecule has 0 amide bonds. The quantitative estimate of drug-likeness (QED) is 0.806. The van der Waals surface area contributed by atoms with E-state index in [2.05, 4.69) is 29.9 Å². The van der Waals surface area contributed by atoms with Crippen LogP contribution in [0, 0.1) is 5.92 Å². The molecule has 0 radical (unpaired) electrons. The lowest BCUT2D eigenvalue weighted by atomic mass is 9.84. The molecule has 14 heavy (non-hydrogen) atoms. The van der Waals surface area contributed by atoms with Crippen LogP contribution in [0.2, 0.25) is 0 Å². The fourth-order valence-corrected chi connectivity index (χ4v) is 3.19. The standard InChI is InChI=1S/C12H19NS/c1-13-11-6-4-10(5-7-11)9-12-3-2-8-14-12/h2-3,8,10-11,13H,4-7,9H2,1H3. The SMILES string of the molecule is CNC1CCC(Cc2cccs2)CC1. The third-order valence-corrected chi connectivity index (χ3v) is 4.22. The van der Waals surface area contributed by atoms with Gasteiger partial charge < -0.3 is 5.32 Å². The Morgan fingerprint density at radius 3 is 2.71 bits per heavy atom. The molecule has 78 valence electrons. The molecule has 1 aliphatic rings. The average Bonchev–Trinajstić information content (AvgIpc) is 2.72. The zero-order valence-corrected chi connectivity index (χ0v) is 9.65. The molecule has 1 saturated carbocycles. The van der Waals surface area contributed by atoms with Gasteiger partial charge in [-0.3, -0.25) is 0 Å². The molecule has 1 heterocycles. The number of nitrogens with one attached hydrogen (secondary N) is 1. The van der Waals surface area contributed by atoms with Gasteiger partial charge in [-0.15, -0.1) is 11.3 Å². The summed E-state index contributed by atoms with van der Waals surface area (Å²) in [6.07, 6.45) is 6.86. The Morgan fingerprint density at radius 2 is 2.14 bits per heavy atom. The Bertz CT molecular complexity index is 247. The van der Waals surface area contributed by atoms with E-state index in [-0.39, 0.29) is 0 Å². The molecule has 1 aliphatic carbocycles. The summed E-state index contributed by atoms with van der Waals surface area (Å²) >= 11 is 1.91. The molecule has 0 unspecified atom stereocenters. The molecule has 2 rings (SSSR count). The second-order valence-electron chi connectivity index (χ2n) is 4.29. The van der Waals surface area contributed by atoms with Gasteiger partial charge in [0.25, 0.3) is 0 Å². The van der Waals surface area contributed by atoms with E-state index in [4.69, 9.17) is 0 Å². The molecule has 0 atom stereocenters. The minimum absolute atomic E-state index is 0.787. The first kappa shape index (κ1) is 10.2. The van der Waals surface area contributed by atoms with Crippen molar-refractivity contribution in [1.82, 2.24) is 5.32 Å². The molecule has 0 saturated heterocycles. The monoisotopic (exact) mass is 209 g/mol. The Morgan fingerprint density at radius 1 is 1.36 bits per heavy atom. The predicted molar refractivity (Wildman–Crippen MR) is 62.8 cm³/mol. The van der Waals surface area contributed by atoms with Crippen molar-refractivity contribution < 1.29 is 0 Å². The lowest BCUT2D eigenvalue weighted by Crippen LogP contribution is -2.30. The summed E-state index contributed by atoms with van der Waals surface area (Å²) in [5.74, 6) is 0.943.